The van der Waals surface area contributed by atoms with Gasteiger partial charge in [0.05, 0.1) is 13.2 Å². The molecule has 0 rings (SSSR count). The van der Waals surface area contributed by atoms with Crippen molar-refractivity contribution in [3.05, 3.63) is 0 Å². The Morgan fingerprint density at radius 2 is 1.24 bits per heavy atom. The van der Waals surface area contributed by atoms with Gasteiger partial charge in [0.25, 0.3) is 0 Å². The van der Waals surface area contributed by atoms with Crippen LogP contribution < -0.4 is 0 Å². The Hall–Kier alpha value is -0.0300. The summed E-state index contributed by atoms with van der Waals surface area (Å²) in [6.45, 7) is 3.68. The van der Waals surface area contributed by atoms with Crippen LogP contribution in [0.3, 0.4) is 0 Å². The topological polar surface area (TPSA) is 72.8 Å². The number of unbranched alkanes of at least 4 members (excludes halogenated alkanes) is 10. The van der Waals surface area contributed by atoms with E-state index in [0.717, 1.165) is 44.9 Å². The van der Waals surface area contributed by atoms with Gasteiger partial charge in [0.2, 0.25) is 0 Å². The first-order valence-electron chi connectivity index (χ1n) is 11.8. The van der Waals surface area contributed by atoms with Gasteiger partial charge in [-0.15, -0.1) is 0 Å². The van der Waals surface area contributed by atoms with Crippen LogP contribution >= 0.6 is 18.2 Å². The molecule has 0 fully saturated rings. The molecule has 0 radical (unpaired) electrons. The second kappa shape index (κ2) is 19.9. The van der Waals surface area contributed by atoms with Gasteiger partial charge in [-0.3, -0.25) is 4.79 Å². The third-order valence-electron chi connectivity index (χ3n) is 4.90. The Morgan fingerprint density at radius 3 is 1.69 bits per heavy atom. The van der Waals surface area contributed by atoms with Crippen molar-refractivity contribution in [3.8, 4) is 0 Å². The van der Waals surface area contributed by atoms with E-state index in [9.17, 15) is 9.36 Å². The van der Waals surface area contributed by atoms with E-state index in [1.54, 1.807) is 0 Å². The van der Waals surface area contributed by atoms with Crippen LogP contribution in [0.4, 0.5) is 0 Å². The van der Waals surface area contributed by atoms with Crippen LogP contribution in [0.15, 0.2) is 0 Å². The van der Waals surface area contributed by atoms with Crippen LogP contribution in [0.25, 0.3) is 0 Å². The van der Waals surface area contributed by atoms with E-state index >= 15 is 0 Å². The third kappa shape index (κ3) is 18.5. The van der Waals surface area contributed by atoms with E-state index in [0.29, 0.717) is 18.5 Å². The van der Waals surface area contributed by atoms with Gasteiger partial charge in [-0.2, -0.15) is 0 Å². The van der Waals surface area contributed by atoms with Crippen molar-refractivity contribution >= 4 is 24.1 Å². The van der Waals surface area contributed by atoms with Crippen LogP contribution in [0.5, 0.6) is 0 Å². The number of carboxylic acids is 1. The zero-order valence-corrected chi connectivity index (χ0v) is 20.7. The molecule has 1 N–H and O–H groups in total. The van der Waals surface area contributed by atoms with E-state index in [2.05, 4.69) is 6.92 Å². The summed E-state index contributed by atoms with van der Waals surface area (Å²) in [7, 11) is 0. The standard InChI is InChI=1S/C22H45O5PS/c1-4-7-8-9-10-12-15-18-21(29-28(25,26-5-2)27-6-3)19-16-13-11-14-17-20-22(23)24/h21H,4-20H2,1-3H3,(H,23,24). The molecular formula is C22H45O5PS. The Labute approximate surface area is 183 Å². The molecule has 0 bridgehead atoms. The Balaban J connectivity index is 4.32. The lowest BCUT2D eigenvalue weighted by Gasteiger charge is -2.22. The molecule has 0 aromatic heterocycles. The number of carbonyl (C=O) groups is 1. The number of carboxylic acid groups (broad SMARTS) is 1. The van der Waals surface area contributed by atoms with Gasteiger partial charge >= 0.3 is 12.8 Å². The van der Waals surface area contributed by atoms with Gasteiger partial charge in [0.15, 0.2) is 0 Å². The van der Waals surface area contributed by atoms with Gasteiger partial charge in [0.1, 0.15) is 0 Å². The van der Waals surface area contributed by atoms with Crippen molar-refractivity contribution in [2.45, 2.75) is 122 Å². The van der Waals surface area contributed by atoms with Crippen LogP contribution in [-0.4, -0.2) is 29.5 Å². The first-order chi connectivity index (χ1) is 14.0. The SMILES string of the molecule is CCCCCCCCCC(CCCCCCCC(=O)O)SP(=O)(OCC)OCC. The highest BCUT2D eigenvalue weighted by Gasteiger charge is 2.29. The summed E-state index contributed by atoms with van der Waals surface area (Å²) in [5, 5.41) is 8.99. The molecule has 1 atom stereocenters. The number of hydrogen-bond acceptors (Lipinski definition) is 5. The lowest BCUT2D eigenvalue weighted by atomic mass is 10.0. The van der Waals surface area contributed by atoms with E-state index in [-0.39, 0.29) is 6.42 Å². The van der Waals surface area contributed by atoms with E-state index in [1.165, 1.54) is 56.3 Å². The molecule has 0 saturated carbocycles. The van der Waals surface area contributed by atoms with Gasteiger partial charge in [-0.1, -0.05) is 77.6 Å². The monoisotopic (exact) mass is 452 g/mol. The molecular weight excluding hydrogens is 407 g/mol. The Morgan fingerprint density at radius 1 is 0.793 bits per heavy atom. The summed E-state index contributed by atoms with van der Waals surface area (Å²) in [5.41, 5.74) is 0. The molecule has 7 heteroatoms. The highest BCUT2D eigenvalue weighted by Crippen LogP contribution is 2.63. The molecule has 1 unspecified atom stereocenters. The molecule has 5 nitrogen and oxygen atoms in total. The summed E-state index contributed by atoms with van der Waals surface area (Å²) in [5.74, 6) is -0.709. The fourth-order valence-corrected chi connectivity index (χ4v) is 7.82. The largest absolute Gasteiger partial charge is 0.481 e. The average Bonchev–Trinajstić information content (AvgIpc) is 2.66. The summed E-state index contributed by atoms with van der Waals surface area (Å²) < 4.78 is 23.9. The quantitative estimate of drug-likeness (QED) is 0.132. The zero-order chi connectivity index (χ0) is 21.8. The Bertz CT molecular complexity index is 423. The lowest BCUT2D eigenvalue weighted by Crippen LogP contribution is -2.05. The molecule has 0 amide bonds. The fraction of sp³-hybridized carbons (Fsp3) is 0.955. The van der Waals surface area contributed by atoms with Gasteiger partial charge < -0.3 is 14.2 Å². The summed E-state index contributed by atoms with van der Waals surface area (Å²) in [4.78, 5) is 10.6. The summed E-state index contributed by atoms with van der Waals surface area (Å²) in [6.07, 6.45) is 16.3. The van der Waals surface area contributed by atoms with Gasteiger partial charge in [-0.25, -0.2) is 4.57 Å². The number of hydrogen-bond donors (Lipinski definition) is 1. The summed E-state index contributed by atoms with van der Waals surface area (Å²) in [6, 6.07) is 0. The first kappa shape index (κ1) is 29.0. The van der Waals surface area contributed by atoms with Crippen molar-refractivity contribution in [1.29, 1.82) is 0 Å². The first-order valence-corrected chi connectivity index (χ1v) is 14.8. The highest BCUT2D eigenvalue weighted by molar-refractivity contribution is 8.55. The van der Waals surface area contributed by atoms with Crippen LogP contribution in [-0.2, 0) is 18.4 Å². The van der Waals surface area contributed by atoms with E-state index in [4.69, 9.17) is 14.2 Å². The normalized spacial score (nSPS) is 12.9. The molecule has 0 aliphatic carbocycles. The maximum atomic E-state index is 12.9. The molecule has 0 heterocycles. The van der Waals surface area contributed by atoms with Gasteiger partial charge in [0, 0.05) is 11.7 Å². The van der Waals surface area contributed by atoms with Crippen LogP contribution in [0.1, 0.15) is 117 Å². The second-order valence-electron chi connectivity index (χ2n) is 7.62. The average molecular weight is 453 g/mol. The molecule has 29 heavy (non-hydrogen) atoms. The van der Waals surface area contributed by atoms with Crippen molar-refractivity contribution in [2.75, 3.05) is 13.2 Å². The smallest absolute Gasteiger partial charge is 0.389 e. The maximum Gasteiger partial charge on any atom is 0.389 e. The highest BCUT2D eigenvalue weighted by atomic mass is 32.7. The third-order valence-corrected chi connectivity index (χ3v) is 9.38. The molecule has 0 aliphatic rings. The fourth-order valence-electron chi connectivity index (χ4n) is 3.35. The van der Waals surface area contributed by atoms with E-state index < -0.39 is 12.8 Å². The minimum atomic E-state index is -3.07. The van der Waals surface area contributed by atoms with Gasteiger partial charge in [-0.05, 0) is 44.5 Å². The van der Waals surface area contributed by atoms with Crippen molar-refractivity contribution in [2.24, 2.45) is 0 Å². The van der Waals surface area contributed by atoms with Crippen LogP contribution in [0.2, 0.25) is 0 Å². The van der Waals surface area contributed by atoms with E-state index in [1.807, 2.05) is 13.8 Å². The molecule has 0 aromatic carbocycles. The number of aliphatic carboxylic acids is 1. The minimum absolute atomic E-state index is 0.266. The van der Waals surface area contributed by atoms with Crippen molar-refractivity contribution in [1.82, 2.24) is 0 Å². The molecule has 0 spiro atoms. The molecule has 0 aromatic rings. The van der Waals surface area contributed by atoms with Crippen molar-refractivity contribution in [3.63, 3.8) is 0 Å². The minimum Gasteiger partial charge on any atom is -0.481 e. The maximum absolute atomic E-state index is 12.9. The molecule has 0 saturated heterocycles. The van der Waals surface area contributed by atoms with Crippen molar-refractivity contribution < 1.29 is 23.5 Å². The molecule has 174 valence electrons. The Kier molecular flexibility index (Phi) is 19.9. The summed E-state index contributed by atoms with van der Waals surface area (Å²) >= 11 is 1.42. The predicted molar refractivity (Wildman–Crippen MR) is 125 cm³/mol. The number of rotatable bonds is 22. The van der Waals surface area contributed by atoms with Crippen LogP contribution in [0, 0.1) is 0 Å². The zero-order valence-electron chi connectivity index (χ0n) is 19.0. The predicted octanol–water partition coefficient (Wildman–Crippen LogP) is 8.23. The molecule has 0 aliphatic heterocycles. The second-order valence-corrected chi connectivity index (χ2v) is 11.9. The lowest BCUT2D eigenvalue weighted by molar-refractivity contribution is -0.137.